The van der Waals surface area contributed by atoms with E-state index in [0.29, 0.717) is 29.9 Å². The predicted molar refractivity (Wildman–Crippen MR) is 131 cm³/mol. The lowest BCUT2D eigenvalue weighted by Crippen LogP contribution is -2.26. The van der Waals surface area contributed by atoms with Gasteiger partial charge in [0.05, 0.1) is 6.10 Å². The van der Waals surface area contributed by atoms with Crippen molar-refractivity contribution < 1.29 is 18.3 Å². The van der Waals surface area contributed by atoms with Crippen molar-refractivity contribution in [3.05, 3.63) is 47.5 Å². The normalized spacial score (nSPS) is 25.1. The molecule has 0 radical (unpaired) electrons. The number of benzene rings is 1. The monoisotopic (exact) mass is 473 g/mol. The third-order valence-corrected chi connectivity index (χ3v) is 7.75. The summed E-state index contributed by atoms with van der Waals surface area (Å²) in [5, 5.41) is 8.80. The van der Waals surface area contributed by atoms with Crippen LogP contribution >= 0.6 is 0 Å². The van der Waals surface area contributed by atoms with Crippen LogP contribution < -0.4 is 0 Å². The second-order valence-corrected chi connectivity index (χ2v) is 10.3. The Morgan fingerprint density at radius 3 is 2.18 bits per heavy atom. The third kappa shape index (κ3) is 8.78. The van der Waals surface area contributed by atoms with Gasteiger partial charge in [-0.05, 0) is 106 Å². The van der Waals surface area contributed by atoms with Crippen molar-refractivity contribution in [1.29, 1.82) is 5.26 Å². The van der Waals surface area contributed by atoms with Gasteiger partial charge in [0.2, 0.25) is 0 Å². The number of ether oxygens (including phenoxy) is 2. The molecule has 3 nitrogen and oxygen atoms in total. The van der Waals surface area contributed by atoms with Crippen LogP contribution in [0.4, 0.5) is 8.78 Å². The summed E-state index contributed by atoms with van der Waals surface area (Å²) in [7, 11) is 0. The number of halogens is 2. The molecule has 0 saturated heterocycles. The van der Waals surface area contributed by atoms with E-state index in [-0.39, 0.29) is 0 Å². The SMILES string of the molecule is C=CCCOCCCC1CCC(COC2CCC(CCc3cc(F)c(C#N)c(F)c3)CC2)CC1. The van der Waals surface area contributed by atoms with Crippen LogP contribution in [0.3, 0.4) is 0 Å². The van der Waals surface area contributed by atoms with Gasteiger partial charge in [-0.25, -0.2) is 8.78 Å². The molecule has 2 fully saturated rings. The highest BCUT2D eigenvalue weighted by Gasteiger charge is 2.25. The fourth-order valence-electron chi connectivity index (χ4n) is 5.54. The van der Waals surface area contributed by atoms with E-state index in [1.807, 2.05) is 6.08 Å². The van der Waals surface area contributed by atoms with Gasteiger partial charge in [0.25, 0.3) is 0 Å². The molecule has 0 atom stereocenters. The Bertz CT molecular complexity index is 767. The molecular weight excluding hydrogens is 432 g/mol. The maximum Gasteiger partial charge on any atom is 0.144 e. The molecule has 3 rings (SSSR count). The predicted octanol–water partition coefficient (Wildman–Crippen LogP) is 7.52. The largest absolute Gasteiger partial charge is 0.381 e. The minimum Gasteiger partial charge on any atom is -0.381 e. The van der Waals surface area contributed by atoms with Gasteiger partial charge in [0, 0.05) is 19.8 Å². The average molecular weight is 474 g/mol. The Morgan fingerprint density at radius 1 is 0.912 bits per heavy atom. The summed E-state index contributed by atoms with van der Waals surface area (Å²) >= 11 is 0. The summed E-state index contributed by atoms with van der Waals surface area (Å²) in [6.45, 7) is 6.29. The lowest BCUT2D eigenvalue weighted by molar-refractivity contribution is -0.0104. The molecule has 1 aromatic carbocycles. The summed E-state index contributed by atoms with van der Waals surface area (Å²) in [4.78, 5) is 0. The lowest BCUT2D eigenvalue weighted by atomic mass is 9.80. The van der Waals surface area contributed by atoms with Gasteiger partial charge in [-0.15, -0.1) is 6.58 Å². The zero-order valence-electron chi connectivity index (χ0n) is 20.6. The summed E-state index contributed by atoms with van der Waals surface area (Å²) in [6, 6.07) is 4.20. The molecule has 2 aliphatic rings. The molecule has 0 aliphatic heterocycles. The molecule has 0 heterocycles. The van der Waals surface area contributed by atoms with Crippen molar-refractivity contribution in [2.24, 2.45) is 17.8 Å². The molecule has 0 unspecified atom stereocenters. The lowest BCUT2D eigenvalue weighted by Gasteiger charge is -2.32. The van der Waals surface area contributed by atoms with E-state index in [9.17, 15) is 8.78 Å². The van der Waals surface area contributed by atoms with Gasteiger partial charge in [-0.1, -0.05) is 18.9 Å². The third-order valence-electron chi connectivity index (χ3n) is 7.75. The van der Waals surface area contributed by atoms with Gasteiger partial charge in [-0.2, -0.15) is 5.26 Å². The second-order valence-electron chi connectivity index (χ2n) is 10.3. The van der Waals surface area contributed by atoms with E-state index in [2.05, 4.69) is 6.58 Å². The van der Waals surface area contributed by atoms with Crippen molar-refractivity contribution in [3.8, 4) is 6.07 Å². The summed E-state index contributed by atoms with van der Waals surface area (Å²) in [6.07, 6.45) is 16.9. The Kier molecular flexibility index (Phi) is 11.5. The molecule has 0 bridgehead atoms. The minimum absolute atomic E-state index is 0.367. The van der Waals surface area contributed by atoms with Crippen LogP contribution in [-0.4, -0.2) is 25.9 Å². The summed E-state index contributed by atoms with van der Waals surface area (Å²) in [5.74, 6) is 0.637. The second kappa shape index (κ2) is 14.6. The van der Waals surface area contributed by atoms with E-state index in [0.717, 1.165) is 64.3 Å². The number of rotatable bonds is 13. The maximum atomic E-state index is 13.8. The standard InChI is InChI=1S/C29H41F2NO2/c1-2-3-16-33-17-4-5-22-6-9-24(10-7-22)21-34-26-14-12-23(13-15-26)8-11-25-18-28(30)27(20-32)29(31)19-25/h2,18-19,22-24,26H,1,3-17,21H2. The topological polar surface area (TPSA) is 42.2 Å². The molecule has 0 aromatic heterocycles. The van der Waals surface area contributed by atoms with E-state index in [4.69, 9.17) is 14.7 Å². The van der Waals surface area contributed by atoms with Crippen LogP contribution in [0.5, 0.6) is 0 Å². The number of hydrogen-bond acceptors (Lipinski definition) is 3. The zero-order valence-corrected chi connectivity index (χ0v) is 20.6. The van der Waals surface area contributed by atoms with E-state index in [1.54, 1.807) is 6.07 Å². The van der Waals surface area contributed by atoms with Crippen molar-refractivity contribution in [2.75, 3.05) is 19.8 Å². The van der Waals surface area contributed by atoms with Crippen LogP contribution in [0.2, 0.25) is 0 Å². The molecule has 2 aliphatic carbocycles. The Morgan fingerprint density at radius 2 is 1.53 bits per heavy atom. The van der Waals surface area contributed by atoms with Crippen LogP contribution in [0, 0.1) is 40.7 Å². The van der Waals surface area contributed by atoms with Crippen molar-refractivity contribution in [3.63, 3.8) is 0 Å². The molecule has 34 heavy (non-hydrogen) atoms. The van der Waals surface area contributed by atoms with Gasteiger partial charge < -0.3 is 9.47 Å². The van der Waals surface area contributed by atoms with Crippen molar-refractivity contribution >= 4 is 0 Å². The van der Waals surface area contributed by atoms with Gasteiger partial charge in [-0.3, -0.25) is 0 Å². The highest BCUT2D eigenvalue weighted by atomic mass is 19.1. The van der Waals surface area contributed by atoms with Gasteiger partial charge in [0.1, 0.15) is 23.3 Å². The molecule has 0 amide bonds. The first-order valence-corrected chi connectivity index (χ1v) is 13.3. The van der Waals surface area contributed by atoms with Crippen LogP contribution in [0.1, 0.15) is 88.2 Å². The highest BCUT2D eigenvalue weighted by Crippen LogP contribution is 2.34. The molecule has 188 valence electrons. The summed E-state index contributed by atoms with van der Waals surface area (Å²) in [5.41, 5.74) is 0.155. The fourth-order valence-corrected chi connectivity index (χ4v) is 5.54. The van der Waals surface area contributed by atoms with Crippen LogP contribution in [0.15, 0.2) is 24.8 Å². The van der Waals surface area contributed by atoms with Crippen LogP contribution in [-0.2, 0) is 15.9 Å². The Balaban J connectivity index is 1.24. The van der Waals surface area contributed by atoms with Crippen molar-refractivity contribution in [2.45, 2.75) is 89.6 Å². The van der Waals surface area contributed by atoms with E-state index < -0.39 is 17.2 Å². The molecule has 5 heteroatoms. The molecule has 2 saturated carbocycles. The average Bonchev–Trinajstić information content (AvgIpc) is 2.85. The first kappa shape index (κ1) is 26.8. The number of nitrogens with zero attached hydrogens (tertiary/aromatic N) is 1. The first-order chi connectivity index (χ1) is 16.6. The number of hydrogen-bond donors (Lipinski definition) is 0. The first-order valence-electron chi connectivity index (χ1n) is 13.3. The molecular formula is C29H41F2NO2. The van der Waals surface area contributed by atoms with Gasteiger partial charge >= 0.3 is 0 Å². The maximum absolute atomic E-state index is 13.8. The number of nitriles is 1. The minimum atomic E-state index is -0.753. The Labute approximate surface area is 204 Å². The summed E-state index contributed by atoms with van der Waals surface area (Å²) < 4.78 is 39.5. The van der Waals surface area contributed by atoms with Crippen LogP contribution in [0.25, 0.3) is 0 Å². The fraction of sp³-hybridized carbons (Fsp3) is 0.690. The molecule has 1 aromatic rings. The van der Waals surface area contributed by atoms with E-state index in [1.165, 1.54) is 50.7 Å². The van der Waals surface area contributed by atoms with Gasteiger partial charge in [0.15, 0.2) is 0 Å². The molecule has 0 N–H and O–H groups in total. The van der Waals surface area contributed by atoms with E-state index >= 15 is 0 Å². The zero-order chi connectivity index (χ0) is 24.2. The molecule has 0 spiro atoms. The quantitative estimate of drug-likeness (QED) is 0.220. The van der Waals surface area contributed by atoms with Crippen molar-refractivity contribution in [1.82, 2.24) is 0 Å². The highest BCUT2D eigenvalue weighted by molar-refractivity contribution is 5.35. The number of aryl methyl sites for hydroxylation is 1. The smallest absolute Gasteiger partial charge is 0.144 e. The Hall–Kier alpha value is -1.77.